The molecule has 6 heteroatoms. The average molecular weight is 374 g/mol. The summed E-state index contributed by atoms with van der Waals surface area (Å²) in [5.74, 6) is 2.45. The van der Waals surface area contributed by atoms with E-state index in [1.165, 1.54) is 25.7 Å². The van der Waals surface area contributed by atoms with E-state index >= 15 is 0 Å². The van der Waals surface area contributed by atoms with Crippen LogP contribution in [0.1, 0.15) is 25.7 Å². The van der Waals surface area contributed by atoms with Crippen molar-refractivity contribution in [2.75, 3.05) is 11.5 Å². The van der Waals surface area contributed by atoms with E-state index in [0.29, 0.717) is 23.7 Å². The first-order chi connectivity index (χ1) is 13.7. The number of hydrogen-bond donors (Lipinski definition) is 2. The second-order valence-electron chi connectivity index (χ2n) is 8.04. The summed E-state index contributed by atoms with van der Waals surface area (Å²) in [5, 5.41) is 0. The number of fused-ring (bicyclic) bond motifs is 2. The molecule has 2 aromatic heterocycles. The maximum absolute atomic E-state index is 6.22. The molecule has 0 unspecified atom stereocenters. The first-order valence-corrected chi connectivity index (χ1v) is 10.1. The van der Waals surface area contributed by atoms with E-state index in [4.69, 9.17) is 11.5 Å². The Balaban J connectivity index is 1.35. The fourth-order valence-electron chi connectivity index (χ4n) is 4.82. The number of nitrogens with two attached hydrogens (primary N) is 2. The number of para-hydroxylation sites is 4. The Morgan fingerprint density at radius 1 is 0.750 bits per heavy atom. The first-order valence-electron chi connectivity index (χ1n) is 10.1. The van der Waals surface area contributed by atoms with Gasteiger partial charge in [-0.05, 0) is 55.4 Å². The molecule has 0 bridgehead atoms. The van der Waals surface area contributed by atoms with Crippen molar-refractivity contribution in [2.24, 2.45) is 11.8 Å². The molecule has 0 aliphatic heterocycles. The average Bonchev–Trinajstić information content (AvgIpc) is 3.19. The minimum absolute atomic E-state index is 0.606. The number of aromatic nitrogens is 4. The summed E-state index contributed by atoms with van der Waals surface area (Å²) in [7, 11) is 0. The third kappa shape index (κ3) is 2.99. The Kier molecular flexibility index (Phi) is 4.19. The molecule has 2 aromatic carbocycles. The summed E-state index contributed by atoms with van der Waals surface area (Å²) in [6, 6.07) is 16.4. The van der Waals surface area contributed by atoms with E-state index in [1.54, 1.807) is 0 Å². The van der Waals surface area contributed by atoms with Gasteiger partial charge in [-0.15, -0.1) is 0 Å². The zero-order chi connectivity index (χ0) is 19.1. The lowest BCUT2D eigenvalue weighted by molar-refractivity contribution is 0.228. The molecule has 6 nitrogen and oxygen atoms in total. The van der Waals surface area contributed by atoms with Crippen molar-refractivity contribution in [2.45, 2.75) is 38.8 Å². The van der Waals surface area contributed by atoms with Gasteiger partial charge in [-0.25, -0.2) is 9.97 Å². The Bertz CT molecular complexity index is 1040. The van der Waals surface area contributed by atoms with Crippen LogP contribution in [-0.4, -0.2) is 19.1 Å². The predicted octanol–water partition coefficient (Wildman–Crippen LogP) is 4.06. The molecule has 4 aromatic rings. The highest BCUT2D eigenvalue weighted by atomic mass is 15.2. The molecule has 1 aliphatic rings. The van der Waals surface area contributed by atoms with Crippen molar-refractivity contribution < 1.29 is 0 Å². The molecule has 1 fully saturated rings. The smallest absolute Gasteiger partial charge is 0.201 e. The standard InChI is InChI=1S/C22H26N6/c23-21-25-17-8-1-3-10-19(17)27(21)13-15-6-5-7-16(12-15)14-28-20-11-4-2-9-18(20)26-22(28)24/h1-4,8-11,15-16H,5-7,12-14H2,(H2,23,25)(H2,24,26)/t15-,16-/m1/s1. The SMILES string of the molecule is Nc1nc2ccccc2n1C[C@@H]1CCC[C@@H](Cn2c(N)nc3ccccc32)C1. The minimum Gasteiger partial charge on any atom is -0.369 e. The van der Waals surface area contributed by atoms with Gasteiger partial charge in [-0.1, -0.05) is 30.7 Å². The van der Waals surface area contributed by atoms with Gasteiger partial charge < -0.3 is 20.6 Å². The van der Waals surface area contributed by atoms with Crippen LogP contribution in [0.2, 0.25) is 0 Å². The fourth-order valence-corrected chi connectivity index (χ4v) is 4.82. The third-order valence-electron chi connectivity index (χ3n) is 6.14. The Morgan fingerprint density at radius 3 is 1.71 bits per heavy atom. The van der Waals surface area contributed by atoms with Gasteiger partial charge in [0.25, 0.3) is 0 Å². The molecular formula is C22H26N6. The van der Waals surface area contributed by atoms with Crippen LogP contribution in [0.4, 0.5) is 11.9 Å². The zero-order valence-corrected chi connectivity index (χ0v) is 16.0. The van der Waals surface area contributed by atoms with Crippen LogP contribution in [0.25, 0.3) is 22.1 Å². The molecule has 2 atom stereocenters. The lowest BCUT2D eigenvalue weighted by Gasteiger charge is -2.30. The van der Waals surface area contributed by atoms with Crippen molar-refractivity contribution in [3.8, 4) is 0 Å². The maximum Gasteiger partial charge on any atom is 0.201 e. The van der Waals surface area contributed by atoms with E-state index in [2.05, 4.69) is 43.4 Å². The molecule has 2 heterocycles. The summed E-state index contributed by atoms with van der Waals surface area (Å²) < 4.78 is 4.37. The van der Waals surface area contributed by atoms with E-state index in [9.17, 15) is 0 Å². The molecule has 0 radical (unpaired) electrons. The third-order valence-corrected chi connectivity index (χ3v) is 6.14. The summed E-state index contributed by atoms with van der Waals surface area (Å²) in [6.45, 7) is 1.87. The fraction of sp³-hybridized carbons (Fsp3) is 0.364. The van der Waals surface area contributed by atoms with Crippen molar-refractivity contribution in [3.63, 3.8) is 0 Å². The maximum atomic E-state index is 6.22. The Morgan fingerprint density at radius 2 is 1.21 bits per heavy atom. The van der Waals surface area contributed by atoms with Crippen molar-refractivity contribution in [3.05, 3.63) is 48.5 Å². The lowest BCUT2D eigenvalue weighted by Crippen LogP contribution is -2.24. The highest BCUT2D eigenvalue weighted by Gasteiger charge is 2.25. The summed E-state index contributed by atoms with van der Waals surface area (Å²) in [6.07, 6.45) is 4.90. The number of nitrogen functional groups attached to an aromatic ring is 2. The molecule has 0 amide bonds. The van der Waals surface area contributed by atoms with E-state index in [0.717, 1.165) is 35.2 Å². The lowest BCUT2D eigenvalue weighted by atomic mass is 9.81. The molecule has 1 aliphatic carbocycles. The summed E-state index contributed by atoms with van der Waals surface area (Å²) in [5.41, 5.74) is 16.7. The molecule has 28 heavy (non-hydrogen) atoms. The monoisotopic (exact) mass is 374 g/mol. The van der Waals surface area contributed by atoms with Crippen LogP contribution < -0.4 is 11.5 Å². The van der Waals surface area contributed by atoms with Crippen LogP contribution >= 0.6 is 0 Å². The van der Waals surface area contributed by atoms with Crippen molar-refractivity contribution in [1.82, 2.24) is 19.1 Å². The number of hydrogen-bond acceptors (Lipinski definition) is 4. The second kappa shape index (κ2) is 6.86. The van der Waals surface area contributed by atoms with Crippen molar-refractivity contribution in [1.29, 1.82) is 0 Å². The molecule has 4 N–H and O–H groups in total. The van der Waals surface area contributed by atoms with Gasteiger partial charge in [0.05, 0.1) is 22.1 Å². The van der Waals surface area contributed by atoms with Gasteiger partial charge in [0.2, 0.25) is 11.9 Å². The number of nitrogens with zero attached hydrogens (tertiary/aromatic N) is 4. The summed E-state index contributed by atoms with van der Waals surface area (Å²) in [4.78, 5) is 9.03. The Hall–Kier alpha value is -3.02. The minimum atomic E-state index is 0.606. The van der Waals surface area contributed by atoms with E-state index in [1.807, 2.05) is 24.3 Å². The number of anilines is 2. The van der Waals surface area contributed by atoms with Crippen molar-refractivity contribution >= 4 is 34.0 Å². The van der Waals surface area contributed by atoms with Gasteiger partial charge in [0.1, 0.15) is 0 Å². The largest absolute Gasteiger partial charge is 0.369 e. The number of imidazole rings is 2. The topological polar surface area (TPSA) is 87.7 Å². The predicted molar refractivity (Wildman–Crippen MR) is 114 cm³/mol. The quantitative estimate of drug-likeness (QED) is 0.564. The van der Waals surface area contributed by atoms with Gasteiger partial charge in [-0.3, -0.25) is 0 Å². The number of rotatable bonds is 4. The van der Waals surface area contributed by atoms with Crippen LogP contribution in [-0.2, 0) is 13.1 Å². The normalized spacial score (nSPS) is 20.1. The van der Waals surface area contributed by atoms with Gasteiger partial charge in [-0.2, -0.15) is 0 Å². The first kappa shape index (κ1) is 17.1. The second-order valence-corrected chi connectivity index (χ2v) is 8.04. The van der Waals surface area contributed by atoms with Gasteiger partial charge >= 0.3 is 0 Å². The molecular weight excluding hydrogens is 348 g/mol. The van der Waals surface area contributed by atoms with Crippen LogP contribution in [0.5, 0.6) is 0 Å². The van der Waals surface area contributed by atoms with Crippen LogP contribution in [0.15, 0.2) is 48.5 Å². The van der Waals surface area contributed by atoms with Crippen LogP contribution in [0, 0.1) is 11.8 Å². The van der Waals surface area contributed by atoms with Gasteiger partial charge in [0, 0.05) is 13.1 Å². The highest BCUT2D eigenvalue weighted by Crippen LogP contribution is 2.34. The number of benzene rings is 2. The Labute approximate surface area is 164 Å². The zero-order valence-electron chi connectivity index (χ0n) is 16.0. The summed E-state index contributed by atoms with van der Waals surface area (Å²) >= 11 is 0. The van der Waals surface area contributed by atoms with E-state index < -0.39 is 0 Å². The van der Waals surface area contributed by atoms with E-state index in [-0.39, 0.29) is 0 Å². The molecule has 0 spiro atoms. The van der Waals surface area contributed by atoms with Gasteiger partial charge in [0.15, 0.2) is 0 Å². The molecule has 144 valence electrons. The highest BCUT2D eigenvalue weighted by molar-refractivity contribution is 5.78. The molecule has 1 saturated carbocycles. The molecule has 5 rings (SSSR count). The molecule has 0 saturated heterocycles. The van der Waals surface area contributed by atoms with Crippen LogP contribution in [0.3, 0.4) is 0 Å².